The fourth-order valence-electron chi connectivity index (χ4n) is 0.884. The smallest absolute Gasteiger partial charge is 0.207 e. The van der Waals surface area contributed by atoms with Gasteiger partial charge in [0.25, 0.3) is 18.1 Å². The minimum Gasteiger partial charge on any atom is -0.207 e. The molecule has 0 bridgehead atoms. The SMILES string of the molecule is O=S(=O)(Cl)c1cc(S(=O)(=O)Cl)c(Br)cc1Br. The zero-order chi connectivity index (χ0) is 12.7. The maximum Gasteiger partial charge on any atom is 0.262 e. The zero-order valence-electron chi connectivity index (χ0n) is 7.12. The van der Waals surface area contributed by atoms with E-state index in [0.29, 0.717) is 0 Å². The Bertz CT molecular complexity index is 585. The molecule has 0 radical (unpaired) electrons. The van der Waals surface area contributed by atoms with Crippen LogP contribution in [0.25, 0.3) is 0 Å². The van der Waals surface area contributed by atoms with Gasteiger partial charge in [-0.15, -0.1) is 0 Å². The van der Waals surface area contributed by atoms with Crippen LogP contribution < -0.4 is 0 Å². The third kappa shape index (κ3) is 3.33. The number of hydrogen-bond acceptors (Lipinski definition) is 4. The summed E-state index contributed by atoms with van der Waals surface area (Å²) in [5.74, 6) is 0. The van der Waals surface area contributed by atoms with Crippen molar-refractivity contribution in [2.75, 3.05) is 0 Å². The summed E-state index contributed by atoms with van der Waals surface area (Å²) in [6.07, 6.45) is 0. The summed E-state index contributed by atoms with van der Waals surface area (Å²) in [6.45, 7) is 0. The van der Waals surface area contributed by atoms with E-state index in [2.05, 4.69) is 31.9 Å². The van der Waals surface area contributed by atoms with Crippen LogP contribution in [-0.2, 0) is 18.1 Å². The van der Waals surface area contributed by atoms with Crippen LogP contribution in [0, 0.1) is 0 Å². The van der Waals surface area contributed by atoms with E-state index in [1.807, 2.05) is 0 Å². The molecule has 1 aromatic rings. The van der Waals surface area contributed by atoms with Gasteiger partial charge >= 0.3 is 0 Å². The molecule has 1 aromatic carbocycles. The summed E-state index contributed by atoms with van der Waals surface area (Å²) in [7, 11) is 2.15. The summed E-state index contributed by atoms with van der Waals surface area (Å²) in [5, 5.41) is 0. The molecule has 0 unspecified atom stereocenters. The molecule has 0 atom stereocenters. The molecule has 10 heteroatoms. The molecule has 0 heterocycles. The minimum absolute atomic E-state index is 0.137. The average molecular weight is 433 g/mol. The predicted molar refractivity (Wildman–Crippen MR) is 67.9 cm³/mol. The Morgan fingerprint density at radius 1 is 0.812 bits per heavy atom. The summed E-state index contributed by atoms with van der Waals surface area (Å²) in [4.78, 5) is -0.729. The first kappa shape index (κ1) is 14.7. The van der Waals surface area contributed by atoms with Gasteiger partial charge in [0.15, 0.2) is 0 Å². The van der Waals surface area contributed by atoms with Crippen molar-refractivity contribution in [3.05, 3.63) is 21.1 Å². The standard InChI is InChI=1S/C6H2Br2Cl2O4S2/c7-3-1-4(8)6(16(10,13)14)2-5(3)15(9,11)12/h1-2H. The van der Waals surface area contributed by atoms with Gasteiger partial charge in [-0.3, -0.25) is 0 Å². The van der Waals surface area contributed by atoms with E-state index in [1.165, 1.54) is 6.07 Å². The summed E-state index contributed by atoms with van der Waals surface area (Å²) in [5.41, 5.74) is 0. The van der Waals surface area contributed by atoms with Crippen LogP contribution >= 0.6 is 53.2 Å². The first-order valence-corrected chi connectivity index (χ1v) is 9.62. The first-order valence-electron chi connectivity index (χ1n) is 3.42. The van der Waals surface area contributed by atoms with Gasteiger partial charge in [-0.1, -0.05) is 0 Å². The van der Waals surface area contributed by atoms with Crippen molar-refractivity contribution in [3.63, 3.8) is 0 Å². The highest BCUT2D eigenvalue weighted by molar-refractivity contribution is 9.11. The van der Waals surface area contributed by atoms with Crippen LogP contribution in [0.5, 0.6) is 0 Å². The molecule has 0 saturated carbocycles. The van der Waals surface area contributed by atoms with Crippen molar-refractivity contribution in [2.45, 2.75) is 9.79 Å². The fraction of sp³-hybridized carbons (Fsp3) is 0. The predicted octanol–water partition coefficient (Wildman–Crippen LogP) is 3.07. The van der Waals surface area contributed by atoms with E-state index in [-0.39, 0.29) is 18.7 Å². The van der Waals surface area contributed by atoms with Gasteiger partial charge in [0, 0.05) is 30.3 Å². The van der Waals surface area contributed by atoms with E-state index in [9.17, 15) is 16.8 Å². The molecule has 0 amide bonds. The Morgan fingerprint density at radius 2 is 1.12 bits per heavy atom. The maximum absolute atomic E-state index is 11.1. The van der Waals surface area contributed by atoms with Crippen LogP contribution in [0.4, 0.5) is 0 Å². The quantitative estimate of drug-likeness (QED) is 0.673. The molecule has 90 valence electrons. The number of halogens is 4. The average Bonchev–Trinajstić information content (AvgIpc) is 1.97. The van der Waals surface area contributed by atoms with Crippen LogP contribution in [-0.4, -0.2) is 16.8 Å². The van der Waals surface area contributed by atoms with E-state index in [4.69, 9.17) is 21.4 Å². The Labute approximate surface area is 118 Å². The van der Waals surface area contributed by atoms with Crippen LogP contribution in [0.15, 0.2) is 30.9 Å². The minimum atomic E-state index is -4.05. The maximum atomic E-state index is 11.1. The monoisotopic (exact) mass is 430 g/mol. The van der Waals surface area contributed by atoms with Crippen molar-refractivity contribution in [1.82, 2.24) is 0 Å². The second-order valence-corrected chi connectivity index (χ2v) is 9.37. The van der Waals surface area contributed by atoms with Gasteiger partial charge < -0.3 is 0 Å². The van der Waals surface area contributed by atoms with Crippen molar-refractivity contribution < 1.29 is 16.8 Å². The molecular weight excluding hydrogens is 431 g/mol. The van der Waals surface area contributed by atoms with Gasteiger partial charge in [0.1, 0.15) is 0 Å². The lowest BCUT2D eigenvalue weighted by molar-refractivity contribution is 0.607. The molecule has 1 rings (SSSR count). The van der Waals surface area contributed by atoms with Crippen LogP contribution in [0.2, 0.25) is 0 Å². The highest BCUT2D eigenvalue weighted by atomic mass is 79.9. The van der Waals surface area contributed by atoms with Crippen LogP contribution in [0.3, 0.4) is 0 Å². The molecule has 0 aliphatic heterocycles. The molecule has 0 aromatic heterocycles. The summed E-state index contributed by atoms with van der Waals surface area (Å²) < 4.78 is 44.8. The molecule has 0 spiro atoms. The molecule has 0 saturated heterocycles. The molecule has 0 fully saturated rings. The molecular formula is C6H2Br2Cl2O4S2. The highest BCUT2D eigenvalue weighted by Gasteiger charge is 2.22. The Balaban J connectivity index is 3.72. The second kappa shape index (κ2) is 4.74. The lowest BCUT2D eigenvalue weighted by Gasteiger charge is -2.05. The lowest BCUT2D eigenvalue weighted by Crippen LogP contribution is -1.98. The Kier molecular flexibility index (Phi) is 4.36. The highest BCUT2D eigenvalue weighted by Crippen LogP contribution is 2.34. The number of benzene rings is 1. The van der Waals surface area contributed by atoms with E-state index in [0.717, 1.165) is 6.07 Å². The van der Waals surface area contributed by atoms with Gasteiger partial charge in [-0.2, -0.15) is 0 Å². The van der Waals surface area contributed by atoms with Gasteiger partial charge in [0.05, 0.1) is 9.79 Å². The zero-order valence-corrected chi connectivity index (χ0v) is 13.4. The largest absolute Gasteiger partial charge is 0.262 e. The second-order valence-electron chi connectivity index (χ2n) is 2.59. The van der Waals surface area contributed by atoms with Gasteiger partial charge in [-0.25, -0.2) is 16.8 Å². The van der Waals surface area contributed by atoms with Crippen molar-refractivity contribution in [2.24, 2.45) is 0 Å². The van der Waals surface area contributed by atoms with E-state index < -0.39 is 18.1 Å². The fourth-order valence-corrected chi connectivity index (χ4v) is 5.66. The third-order valence-corrected chi connectivity index (χ3v) is 6.07. The Hall–Kier alpha value is 0.660. The van der Waals surface area contributed by atoms with Gasteiger partial charge in [0.2, 0.25) is 0 Å². The van der Waals surface area contributed by atoms with Gasteiger partial charge in [-0.05, 0) is 44.0 Å². The molecule has 16 heavy (non-hydrogen) atoms. The number of rotatable bonds is 2. The van der Waals surface area contributed by atoms with Crippen molar-refractivity contribution >= 4 is 71.3 Å². The summed E-state index contributed by atoms with van der Waals surface area (Å²) >= 11 is 5.90. The molecule has 0 aliphatic rings. The normalized spacial score (nSPS) is 12.8. The molecule has 4 nitrogen and oxygen atoms in total. The number of hydrogen-bond donors (Lipinski definition) is 0. The van der Waals surface area contributed by atoms with Crippen molar-refractivity contribution in [3.8, 4) is 0 Å². The summed E-state index contributed by atoms with van der Waals surface area (Å²) in [6, 6.07) is 2.11. The topological polar surface area (TPSA) is 68.3 Å². The van der Waals surface area contributed by atoms with E-state index >= 15 is 0 Å². The third-order valence-electron chi connectivity index (χ3n) is 1.51. The van der Waals surface area contributed by atoms with Crippen LogP contribution in [0.1, 0.15) is 0 Å². The first-order chi connectivity index (χ1) is 7.03. The van der Waals surface area contributed by atoms with E-state index in [1.54, 1.807) is 0 Å². The lowest BCUT2D eigenvalue weighted by atomic mass is 10.4. The Morgan fingerprint density at radius 3 is 1.38 bits per heavy atom. The molecule has 0 N–H and O–H groups in total. The molecule has 0 aliphatic carbocycles. The van der Waals surface area contributed by atoms with Crippen molar-refractivity contribution in [1.29, 1.82) is 0 Å².